The number of thiophene rings is 1. The van der Waals surface area contributed by atoms with Crippen LogP contribution in [-0.2, 0) is 22.4 Å². The Hall–Kier alpha value is -2.52. The van der Waals surface area contributed by atoms with E-state index in [9.17, 15) is 14.4 Å². The lowest BCUT2D eigenvalue weighted by molar-refractivity contribution is 0.0526. The molecule has 0 unspecified atom stereocenters. The summed E-state index contributed by atoms with van der Waals surface area (Å²) in [4.78, 5) is 41.3. The van der Waals surface area contributed by atoms with Crippen LogP contribution in [0.3, 0.4) is 0 Å². The number of fused-ring (bicyclic) bond motifs is 1. The van der Waals surface area contributed by atoms with Crippen molar-refractivity contribution in [2.75, 3.05) is 30.8 Å². The second kappa shape index (κ2) is 10.7. The summed E-state index contributed by atoms with van der Waals surface area (Å²) in [6.07, 6.45) is 0.118. The molecule has 0 fully saturated rings. The van der Waals surface area contributed by atoms with Crippen LogP contribution in [0.4, 0.5) is 9.80 Å². The van der Waals surface area contributed by atoms with Crippen LogP contribution in [0.1, 0.15) is 51.9 Å². The highest BCUT2D eigenvalue weighted by molar-refractivity contribution is 7.99. The maximum absolute atomic E-state index is 13.1. The van der Waals surface area contributed by atoms with E-state index >= 15 is 0 Å². The van der Waals surface area contributed by atoms with Gasteiger partial charge in [0, 0.05) is 16.3 Å². The van der Waals surface area contributed by atoms with Gasteiger partial charge in [-0.1, -0.05) is 19.1 Å². The number of nitrogens with zero attached hydrogens (tertiary/aromatic N) is 1. The third-order valence-electron chi connectivity index (χ3n) is 4.72. The molecular weight excluding hydrogens is 436 g/mol. The van der Waals surface area contributed by atoms with Crippen molar-refractivity contribution in [3.05, 3.63) is 45.8 Å². The Morgan fingerprint density at radius 1 is 1.13 bits per heavy atom. The number of rotatable bonds is 7. The molecule has 0 spiro atoms. The first-order chi connectivity index (χ1) is 15.0. The second-order valence-corrected chi connectivity index (χ2v) is 9.09. The van der Waals surface area contributed by atoms with Crippen LogP contribution in [0.5, 0.6) is 0 Å². The predicted molar refractivity (Wildman–Crippen MR) is 122 cm³/mol. The molecule has 0 aliphatic carbocycles. The molecule has 1 aliphatic heterocycles. The molecule has 9 heteroatoms. The molecule has 2 aromatic rings. The molecule has 31 heavy (non-hydrogen) atoms. The summed E-state index contributed by atoms with van der Waals surface area (Å²) in [5.74, 6) is 0.106. The molecule has 0 bridgehead atoms. The highest BCUT2D eigenvalue weighted by Gasteiger charge is 2.31. The van der Waals surface area contributed by atoms with E-state index in [4.69, 9.17) is 9.47 Å². The van der Waals surface area contributed by atoms with E-state index in [0.717, 1.165) is 21.1 Å². The first-order valence-corrected chi connectivity index (χ1v) is 12.1. The first-order valence-electron chi connectivity index (χ1n) is 10.3. The zero-order valence-electron chi connectivity index (χ0n) is 17.9. The molecule has 3 rings (SSSR count). The van der Waals surface area contributed by atoms with Gasteiger partial charge < -0.3 is 19.7 Å². The average molecular weight is 463 g/mol. The van der Waals surface area contributed by atoms with E-state index < -0.39 is 5.97 Å². The summed E-state index contributed by atoms with van der Waals surface area (Å²) < 4.78 is 10.4. The normalized spacial score (nSPS) is 12.8. The molecule has 166 valence electrons. The van der Waals surface area contributed by atoms with Crippen LogP contribution in [0, 0.1) is 0 Å². The summed E-state index contributed by atoms with van der Waals surface area (Å²) in [7, 11) is 0. The van der Waals surface area contributed by atoms with E-state index in [1.807, 2.05) is 25.1 Å². The molecule has 0 saturated heterocycles. The summed E-state index contributed by atoms with van der Waals surface area (Å²) >= 11 is 2.90. The molecule has 2 heterocycles. The second-order valence-electron chi connectivity index (χ2n) is 6.68. The van der Waals surface area contributed by atoms with Crippen LogP contribution in [-0.4, -0.2) is 48.4 Å². The summed E-state index contributed by atoms with van der Waals surface area (Å²) in [5, 5.41) is 3.38. The maximum Gasteiger partial charge on any atom is 0.410 e. The van der Waals surface area contributed by atoms with Gasteiger partial charge in [-0.2, -0.15) is 0 Å². The van der Waals surface area contributed by atoms with Gasteiger partial charge >= 0.3 is 12.1 Å². The number of carbonyl (C=O) groups is 3. The van der Waals surface area contributed by atoms with Crippen molar-refractivity contribution in [1.82, 2.24) is 4.90 Å². The van der Waals surface area contributed by atoms with Gasteiger partial charge in [-0.15, -0.1) is 23.1 Å². The van der Waals surface area contributed by atoms with Crippen molar-refractivity contribution >= 4 is 46.1 Å². The Balaban J connectivity index is 1.92. The van der Waals surface area contributed by atoms with Crippen LogP contribution in [0.15, 0.2) is 29.2 Å². The fourth-order valence-corrected chi connectivity index (χ4v) is 5.44. The number of nitrogens with one attached hydrogen (secondary N) is 1. The Bertz CT molecular complexity index is 973. The van der Waals surface area contributed by atoms with Gasteiger partial charge in [0.1, 0.15) is 5.00 Å². The molecule has 2 amide bonds. The minimum absolute atomic E-state index is 0.238. The van der Waals surface area contributed by atoms with E-state index in [1.165, 1.54) is 11.3 Å². The number of hydrogen-bond acceptors (Lipinski definition) is 7. The molecule has 0 saturated carbocycles. The Labute approximate surface area is 190 Å². The maximum atomic E-state index is 13.1. The highest BCUT2D eigenvalue weighted by Crippen LogP contribution is 2.38. The number of amides is 2. The number of benzene rings is 1. The molecule has 1 aliphatic rings. The molecular formula is C22H26N2O5S2. The van der Waals surface area contributed by atoms with Gasteiger partial charge in [0.15, 0.2) is 0 Å². The van der Waals surface area contributed by atoms with Gasteiger partial charge in [-0.05, 0) is 43.7 Å². The van der Waals surface area contributed by atoms with Crippen molar-refractivity contribution in [1.29, 1.82) is 0 Å². The molecule has 7 nitrogen and oxygen atoms in total. The van der Waals surface area contributed by atoms with Crippen LogP contribution >= 0.6 is 23.1 Å². The van der Waals surface area contributed by atoms with Crippen molar-refractivity contribution in [2.24, 2.45) is 0 Å². The number of hydrogen-bond donors (Lipinski definition) is 1. The Kier molecular flexibility index (Phi) is 7.97. The monoisotopic (exact) mass is 462 g/mol. The fourth-order valence-electron chi connectivity index (χ4n) is 3.39. The fraction of sp³-hybridized carbons (Fsp3) is 0.409. The number of ether oxygens (including phenoxy) is 2. The third kappa shape index (κ3) is 5.22. The van der Waals surface area contributed by atoms with Crippen LogP contribution in [0.25, 0.3) is 0 Å². The Morgan fingerprint density at radius 2 is 1.87 bits per heavy atom. The Morgan fingerprint density at radius 3 is 2.58 bits per heavy atom. The van der Waals surface area contributed by atoms with Crippen LogP contribution < -0.4 is 5.32 Å². The topological polar surface area (TPSA) is 84.9 Å². The number of esters is 1. The van der Waals surface area contributed by atoms with Crippen molar-refractivity contribution in [3.8, 4) is 0 Å². The standard InChI is InChI=1S/C22H26N2O5S2/c1-4-28-21(26)18-14-11-12-24(22(27)29-5-2)13-17(14)31-20(18)23-19(25)15-9-7-8-10-16(15)30-6-3/h7-10H,4-6,11-13H2,1-3H3,(H,23,25). The molecule has 0 atom stereocenters. The van der Waals surface area contributed by atoms with E-state index in [-0.39, 0.29) is 18.6 Å². The third-order valence-corrected chi connectivity index (χ3v) is 6.81. The molecule has 0 radical (unpaired) electrons. The first kappa shape index (κ1) is 23.1. The van der Waals surface area contributed by atoms with Gasteiger partial charge in [0.2, 0.25) is 0 Å². The zero-order valence-corrected chi connectivity index (χ0v) is 19.5. The SMILES string of the molecule is CCOC(=O)c1c(NC(=O)c2ccccc2SCC)sc2c1CCN(C(=O)OCC)C2. The summed E-state index contributed by atoms with van der Waals surface area (Å²) in [6, 6.07) is 7.39. The minimum Gasteiger partial charge on any atom is -0.462 e. The summed E-state index contributed by atoms with van der Waals surface area (Å²) in [5.41, 5.74) is 1.78. The number of carbonyl (C=O) groups excluding carboxylic acids is 3. The lowest BCUT2D eigenvalue weighted by atomic mass is 10.0. The lowest BCUT2D eigenvalue weighted by Gasteiger charge is -2.26. The average Bonchev–Trinajstić information content (AvgIpc) is 3.11. The lowest BCUT2D eigenvalue weighted by Crippen LogP contribution is -2.36. The van der Waals surface area contributed by atoms with Crippen molar-refractivity contribution in [3.63, 3.8) is 0 Å². The van der Waals surface area contributed by atoms with E-state index in [1.54, 1.807) is 36.6 Å². The van der Waals surface area contributed by atoms with Crippen molar-refractivity contribution in [2.45, 2.75) is 38.6 Å². The van der Waals surface area contributed by atoms with E-state index in [0.29, 0.717) is 42.2 Å². The zero-order chi connectivity index (χ0) is 22.4. The van der Waals surface area contributed by atoms with E-state index in [2.05, 4.69) is 5.32 Å². The minimum atomic E-state index is -0.462. The predicted octanol–water partition coefficient (Wildman–Crippen LogP) is 4.80. The van der Waals surface area contributed by atoms with Crippen LogP contribution in [0.2, 0.25) is 0 Å². The van der Waals surface area contributed by atoms with Gasteiger partial charge in [-0.25, -0.2) is 9.59 Å². The van der Waals surface area contributed by atoms with Crippen molar-refractivity contribution < 1.29 is 23.9 Å². The quantitative estimate of drug-likeness (QED) is 0.470. The largest absolute Gasteiger partial charge is 0.462 e. The smallest absolute Gasteiger partial charge is 0.410 e. The molecule has 1 aromatic carbocycles. The highest BCUT2D eigenvalue weighted by atomic mass is 32.2. The van der Waals surface area contributed by atoms with Gasteiger partial charge in [0.25, 0.3) is 5.91 Å². The number of anilines is 1. The van der Waals surface area contributed by atoms with Gasteiger partial charge in [-0.3, -0.25) is 4.79 Å². The molecule has 1 N–H and O–H groups in total. The summed E-state index contributed by atoms with van der Waals surface area (Å²) in [6.45, 7) is 6.86. The molecule has 1 aromatic heterocycles. The number of thioether (sulfide) groups is 1. The van der Waals surface area contributed by atoms with Gasteiger partial charge in [0.05, 0.1) is 30.9 Å².